The number of benzene rings is 1. The minimum absolute atomic E-state index is 0.0635. The van der Waals surface area contributed by atoms with Gasteiger partial charge in [-0.3, -0.25) is 9.52 Å². The molecular formula is C22H26N2O6S2. The summed E-state index contributed by atoms with van der Waals surface area (Å²) >= 11 is 1.02. The standard InChI is InChI=1S/C22H26N2O6S2/c1-13-9-14(2)11-15(10-13)23-32(27,28)22-19(21(26)29-3)16-6-7-24(12-18(16)31-22)20(25)17-5-4-8-30-17/h9-11,17,23H,4-8,12H2,1-3H3. The second kappa shape index (κ2) is 8.84. The monoisotopic (exact) mass is 478 g/mol. The van der Waals surface area contributed by atoms with Gasteiger partial charge in [-0.05, 0) is 61.9 Å². The fourth-order valence-electron chi connectivity index (χ4n) is 4.28. The lowest BCUT2D eigenvalue weighted by molar-refractivity contribution is -0.141. The third kappa shape index (κ3) is 4.39. The molecule has 2 aromatic rings. The normalized spacial score (nSPS) is 18.3. The summed E-state index contributed by atoms with van der Waals surface area (Å²) in [6.45, 7) is 4.99. The van der Waals surface area contributed by atoms with Crippen molar-refractivity contribution < 1.29 is 27.5 Å². The van der Waals surface area contributed by atoms with E-state index in [-0.39, 0.29) is 22.2 Å². The summed E-state index contributed by atoms with van der Waals surface area (Å²) in [5.41, 5.74) is 2.97. The first-order valence-electron chi connectivity index (χ1n) is 10.4. The highest BCUT2D eigenvalue weighted by Crippen LogP contribution is 2.38. The zero-order chi connectivity index (χ0) is 23.0. The Labute approximate surface area is 191 Å². The number of hydrogen-bond acceptors (Lipinski definition) is 7. The van der Waals surface area contributed by atoms with Crippen molar-refractivity contribution in [1.82, 2.24) is 4.90 Å². The average Bonchev–Trinajstić information content (AvgIpc) is 3.39. The van der Waals surface area contributed by atoms with Gasteiger partial charge in [0.25, 0.3) is 15.9 Å². The number of thiophene rings is 1. The number of amides is 1. The smallest absolute Gasteiger partial charge is 0.340 e. The molecule has 0 spiro atoms. The molecule has 172 valence electrons. The molecule has 0 saturated carbocycles. The summed E-state index contributed by atoms with van der Waals surface area (Å²) in [6.07, 6.45) is 1.49. The van der Waals surface area contributed by atoms with Gasteiger partial charge in [-0.15, -0.1) is 11.3 Å². The molecule has 3 heterocycles. The van der Waals surface area contributed by atoms with E-state index in [1.807, 2.05) is 19.9 Å². The number of hydrogen-bond donors (Lipinski definition) is 1. The number of ether oxygens (including phenoxy) is 2. The Morgan fingerprint density at radius 3 is 2.56 bits per heavy atom. The van der Waals surface area contributed by atoms with E-state index in [2.05, 4.69) is 4.72 Å². The van der Waals surface area contributed by atoms with Gasteiger partial charge in [0.1, 0.15) is 6.10 Å². The molecule has 10 heteroatoms. The summed E-state index contributed by atoms with van der Waals surface area (Å²) in [4.78, 5) is 27.7. The number of anilines is 1. The fraction of sp³-hybridized carbons (Fsp3) is 0.455. The highest BCUT2D eigenvalue weighted by Gasteiger charge is 2.37. The molecule has 0 bridgehead atoms. The Kier molecular flexibility index (Phi) is 6.28. The van der Waals surface area contributed by atoms with Gasteiger partial charge in [0.2, 0.25) is 0 Å². The van der Waals surface area contributed by atoms with E-state index in [1.165, 1.54) is 7.11 Å². The maximum absolute atomic E-state index is 13.3. The molecular weight excluding hydrogens is 452 g/mol. The zero-order valence-electron chi connectivity index (χ0n) is 18.3. The Hall–Kier alpha value is -2.43. The molecule has 0 aliphatic carbocycles. The van der Waals surface area contributed by atoms with Crippen molar-refractivity contribution in [3.05, 3.63) is 45.3 Å². The summed E-state index contributed by atoms with van der Waals surface area (Å²) in [6, 6.07) is 5.41. The van der Waals surface area contributed by atoms with Crippen LogP contribution in [-0.4, -0.2) is 51.6 Å². The Morgan fingerprint density at radius 1 is 1.22 bits per heavy atom. The molecule has 1 unspecified atom stereocenters. The molecule has 4 rings (SSSR count). The van der Waals surface area contributed by atoms with Crippen LogP contribution in [0.15, 0.2) is 22.4 Å². The van der Waals surface area contributed by atoms with Gasteiger partial charge in [-0.2, -0.15) is 0 Å². The first kappa shape index (κ1) is 22.8. The molecule has 1 N–H and O–H groups in total. The van der Waals surface area contributed by atoms with Crippen molar-refractivity contribution in [3.8, 4) is 0 Å². The highest BCUT2D eigenvalue weighted by molar-refractivity contribution is 7.94. The summed E-state index contributed by atoms with van der Waals surface area (Å²) in [5, 5.41) is 0. The van der Waals surface area contributed by atoms with E-state index >= 15 is 0 Å². The first-order chi connectivity index (χ1) is 15.2. The maximum atomic E-state index is 13.3. The van der Waals surface area contributed by atoms with Crippen LogP contribution >= 0.6 is 11.3 Å². The average molecular weight is 479 g/mol. The molecule has 1 atom stereocenters. The number of sulfonamides is 1. The Bertz CT molecular complexity index is 1150. The van der Waals surface area contributed by atoms with Gasteiger partial charge >= 0.3 is 5.97 Å². The molecule has 0 radical (unpaired) electrons. The minimum Gasteiger partial charge on any atom is -0.465 e. The lowest BCUT2D eigenvalue weighted by atomic mass is 10.0. The van der Waals surface area contributed by atoms with Crippen molar-refractivity contribution in [1.29, 1.82) is 0 Å². The molecule has 2 aliphatic rings. The van der Waals surface area contributed by atoms with E-state index in [1.54, 1.807) is 17.0 Å². The van der Waals surface area contributed by atoms with Crippen LogP contribution in [0.2, 0.25) is 0 Å². The number of carbonyl (C=O) groups excluding carboxylic acids is 2. The zero-order valence-corrected chi connectivity index (χ0v) is 19.9. The number of carbonyl (C=O) groups is 2. The molecule has 1 aromatic carbocycles. The lowest BCUT2D eigenvalue weighted by Crippen LogP contribution is -2.41. The third-order valence-corrected chi connectivity index (χ3v) is 8.77. The van der Waals surface area contributed by atoms with Crippen LogP contribution in [0.1, 0.15) is 44.8 Å². The molecule has 1 saturated heterocycles. The molecule has 8 nitrogen and oxygen atoms in total. The van der Waals surface area contributed by atoms with Gasteiger partial charge in [0.15, 0.2) is 4.21 Å². The molecule has 1 fully saturated rings. The SMILES string of the molecule is COC(=O)c1c(S(=O)(=O)Nc2cc(C)cc(C)c2)sc2c1CCN(C(=O)C1CCCO1)C2. The van der Waals surface area contributed by atoms with Crippen LogP contribution in [0.5, 0.6) is 0 Å². The van der Waals surface area contributed by atoms with Crippen LogP contribution in [-0.2, 0) is 37.3 Å². The van der Waals surface area contributed by atoms with Crippen molar-refractivity contribution in [2.75, 3.05) is 25.0 Å². The largest absolute Gasteiger partial charge is 0.465 e. The number of nitrogens with one attached hydrogen (secondary N) is 1. The second-order valence-corrected chi connectivity index (χ2v) is 11.1. The molecule has 32 heavy (non-hydrogen) atoms. The second-order valence-electron chi connectivity index (χ2n) is 8.15. The van der Waals surface area contributed by atoms with Gasteiger partial charge in [-0.1, -0.05) is 6.07 Å². The molecule has 1 aromatic heterocycles. The number of nitrogens with zero attached hydrogens (tertiary/aromatic N) is 1. The number of rotatable bonds is 5. The van der Waals surface area contributed by atoms with Gasteiger partial charge in [0.05, 0.1) is 19.2 Å². The van der Waals surface area contributed by atoms with E-state index < -0.39 is 22.1 Å². The summed E-state index contributed by atoms with van der Waals surface area (Å²) < 4.78 is 39.5. The Balaban J connectivity index is 1.68. The van der Waals surface area contributed by atoms with Crippen LogP contribution in [0.3, 0.4) is 0 Å². The van der Waals surface area contributed by atoms with Crippen molar-refractivity contribution in [3.63, 3.8) is 0 Å². The van der Waals surface area contributed by atoms with E-state index in [4.69, 9.17) is 9.47 Å². The van der Waals surface area contributed by atoms with Gasteiger partial charge < -0.3 is 14.4 Å². The third-order valence-electron chi connectivity index (χ3n) is 5.65. The topological polar surface area (TPSA) is 102 Å². The molecule has 2 aliphatic heterocycles. The van der Waals surface area contributed by atoms with Crippen molar-refractivity contribution >= 4 is 38.9 Å². The predicted octanol–water partition coefficient (Wildman–Crippen LogP) is 3.02. The van der Waals surface area contributed by atoms with Crippen LogP contribution < -0.4 is 4.72 Å². The first-order valence-corrected chi connectivity index (χ1v) is 12.7. The summed E-state index contributed by atoms with van der Waals surface area (Å²) in [7, 11) is -2.81. The fourth-order valence-corrected chi connectivity index (χ4v) is 7.22. The quantitative estimate of drug-likeness (QED) is 0.663. The van der Waals surface area contributed by atoms with Crippen molar-refractivity contribution in [2.24, 2.45) is 0 Å². The predicted molar refractivity (Wildman–Crippen MR) is 120 cm³/mol. The van der Waals surface area contributed by atoms with Gasteiger partial charge in [0, 0.05) is 23.7 Å². The van der Waals surface area contributed by atoms with E-state index in [0.29, 0.717) is 42.1 Å². The Morgan fingerprint density at radius 2 is 1.94 bits per heavy atom. The maximum Gasteiger partial charge on any atom is 0.340 e. The highest BCUT2D eigenvalue weighted by atomic mass is 32.2. The van der Waals surface area contributed by atoms with Crippen molar-refractivity contribution in [2.45, 2.75) is 50.0 Å². The van der Waals surface area contributed by atoms with Gasteiger partial charge in [-0.25, -0.2) is 13.2 Å². The number of methoxy groups -OCH3 is 1. The minimum atomic E-state index is -4.04. The van der Waals surface area contributed by atoms with Crippen LogP contribution in [0.25, 0.3) is 0 Å². The lowest BCUT2D eigenvalue weighted by Gasteiger charge is -2.29. The van der Waals surface area contributed by atoms with Crippen LogP contribution in [0.4, 0.5) is 5.69 Å². The summed E-state index contributed by atoms with van der Waals surface area (Å²) in [5.74, 6) is -0.777. The number of esters is 1. The number of aryl methyl sites for hydroxylation is 2. The van der Waals surface area contributed by atoms with Crippen LogP contribution in [0, 0.1) is 13.8 Å². The molecule has 1 amide bonds. The van der Waals surface area contributed by atoms with E-state index in [9.17, 15) is 18.0 Å². The van der Waals surface area contributed by atoms with E-state index in [0.717, 1.165) is 28.9 Å². The number of fused-ring (bicyclic) bond motifs is 1.